The third-order valence-corrected chi connectivity index (χ3v) is 4.01. The lowest BCUT2D eigenvalue weighted by atomic mass is 10.3. The van der Waals surface area contributed by atoms with Crippen LogP contribution in [-0.2, 0) is 6.54 Å². The summed E-state index contributed by atoms with van der Waals surface area (Å²) in [5.41, 5.74) is 2.11. The van der Waals surface area contributed by atoms with Crippen LogP contribution < -0.4 is 5.32 Å². The predicted octanol–water partition coefficient (Wildman–Crippen LogP) is 3.48. The summed E-state index contributed by atoms with van der Waals surface area (Å²) < 4.78 is 2.06. The number of fused-ring (bicyclic) bond motifs is 1. The average Bonchev–Trinajstić information content (AvgIpc) is 2.85. The first-order valence-corrected chi connectivity index (χ1v) is 7.84. The number of aryl methyl sites for hydroxylation is 1. The molecular weight excluding hydrogens is 335 g/mol. The Morgan fingerprint density at radius 1 is 1.17 bits per heavy atom. The molecule has 0 spiro atoms. The van der Waals surface area contributed by atoms with Gasteiger partial charge >= 0.3 is 0 Å². The molecule has 0 aliphatic rings. The van der Waals surface area contributed by atoms with Crippen molar-refractivity contribution in [3.63, 3.8) is 0 Å². The van der Waals surface area contributed by atoms with Crippen molar-refractivity contribution in [2.45, 2.75) is 13.5 Å². The third kappa shape index (κ3) is 3.30. The summed E-state index contributed by atoms with van der Waals surface area (Å²) >= 11 is 11.8. The molecular formula is C16H14Cl2N4O. The average molecular weight is 349 g/mol. The lowest BCUT2D eigenvalue weighted by molar-refractivity contribution is 0.0947. The molecule has 0 saturated heterocycles. The van der Waals surface area contributed by atoms with E-state index in [-0.39, 0.29) is 21.8 Å². The molecule has 0 unspecified atom stereocenters. The highest BCUT2D eigenvalue weighted by Gasteiger charge is 2.13. The Bertz CT molecular complexity index is 876. The molecule has 0 fully saturated rings. The summed E-state index contributed by atoms with van der Waals surface area (Å²) in [6, 6.07) is 11.0. The van der Waals surface area contributed by atoms with Crippen LogP contribution in [0.3, 0.4) is 0 Å². The van der Waals surface area contributed by atoms with E-state index in [4.69, 9.17) is 23.2 Å². The van der Waals surface area contributed by atoms with Gasteiger partial charge in [0.15, 0.2) is 0 Å². The van der Waals surface area contributed by atoms with Gasteiger partial charge in [0, 0.05) is 13.1 Å². The Balaban J connectivity index is 1.70. The minimum atomic E-state index is -0.348. The first-order valence-electron chi connectivity index (χ1n) is 7.08. The number of amides is 1. The highest BCUT2D eigenvalue weighted by atomic mass is 35.5. The van der Waals surface area contributed by atoms with E-state index in [9.17, 15) is 4.79 Å². The van der Waals surface area contributed by atoms with Crippen molar-refractivity contribution in [1.82, 2.24) is 19.9 Å². The molecule has 2 heterocycles. The van der Waals surface area contributed by atoms with Gasteiger partial charge in [-0.15, -0.1) is 0 Å². The number of nitrogens with one attached hydrogen (secondary N) is 1. The number of hydrogen-bond donors (Lipinski definition) is 1. The summed E-state index contributed by atoms with van der Waals surface area (Å²) in [5, 5.41) is 3.31. The number of benzene rings is 1. The maximum Gasteiger partial charge on any atom is 0.271 e. The smallest absolute Gasteiger partial charge is 0.271 e. The number of halogens is 2. The summed E-state index contributed by atoms with van der Waals surface area (Å²) in [6.07, 6.45) is 0. The zero-order chi connectivity index (χ0) is 16.4. The van der Waals surface area contributed by atoms with Crippen LogP contribution in [0.4, 0.5) is 0 Å². The van der Waals surface area contributed by atoms with Gasteiger partial charge in [0.2, 0.25) is 0 Å². The van der Waals surface area contributed by atoms with Crippen LogP contribution >= 0.6 is 23.2 Å². The maximum absolute atomic E-state index is 12.2. The Morgan fingerprint density at radius 3 is 2.78 bits per heavy atom. The summed E-state index contributed by atoms with van der Waals surface area (Å²) in [4.78, 5) is 20.6. The summed E-state index contributed by atoms with van der Waals surface area (Å²) in [5.74, 6) is 0.555. The molecule has 1 N–H and O–H groups in total. The van der Waals surface area contributed by atoms with Crippen LogP contribution in [0.25, 0.3) is 11.0 Å². The molecule has 23 heavy (non-hydrogen) atoms. The van der Waals surface area contributed by atoms with Gasteiger partial charge in [-0.25, -0.2) is 9.97 Å². The first kappa shape index (κ1) is 15.8. The summed E-state index contributed by atoms with van der Waals surface area (Å²) in [7, 11) is 0. The number of para-hydroxylation sites is 2. The molecule has 1 aromatic carbocycles. The minimum Gasteiger partial charge on any atom is -0.349 e. The molecule has 0 saturated carbocycles. The quantitative estimate of drug-likeness (QED) is 0.734. The molecule has 118 valence electrons. The topological polar surface area (TPSA) is 59.8 Å². The van der Waals surface area contributed by atoms with E-state index in [2.05, 4.69) is 19.9 Å². The predicted molar refractivity (Wildman–Crippen MR) is 91.1 cm³/mol. The number of hydrogen-bond acceptors (Lipinski definition) is 3. The number of rotatable bonds is 4. The van der Waals surface area contributed by atoms with Crippen molar-refractivity contribution in [1.29, 1.82) is 0 Å². The van der Waals surface area contributed by atoms with Crippen LogP contribution in [0, 0.1) is 6.92 Å². The number of nitrogens with zero attached hydrogens (tertiary/aromatic N) is 3. The van der Waals surface area contributed by atoms with Crippen molar-refractivity contribution < 1.29 is 4.79 Å². The van der Waals surface area contributed by atoms with Crippen LogP contribution in [0.5, 0.6) is 0 Å². The van der Waals surface area contributed by atoms with Crippen molar-refractivity contribution in [2.75, 3.05) is 6.54 Å². The van der Waals surface area contributed by atoms with Gasteiger partial charge in [-0.1, -0.05) is 35.3 Å². The van der Waals surface area contributed by atoms with E-state index < -0.39 is 0 Å². The van der Waals surface area contributed by atoms with Gasteiger partial charge in [0.1, 0.15) is 16.7 Å². The van der Waals surface area contributed by atoms with Gasteiger partial charge in [-0.05, 0) is 31.2 Å². The molecule has 2 aromatic heterocycles. The minimum absolute atomic E-state index is 0.131. The van der Waals surface area contributed by atoms with E-state index >= 15 is 0 Å². The molecule has 3 aromatic rings. The normalized spacial score (nSPS) is 10.9. The Labute approximate surface area is 143 Å². The molecule has 1 amide bonds. The number of pyridine rings is 1. The van der Waals surface area contributed by atoms with Crippen LogP contribution in [0.2, 0.25) is 10.2 Å². The lowest BCUT2D eigenvalue weighted by Crippen LogP contribution is -2.28. The third-order valence-electron chi connectivity index (χ3n) is 3.49. The zero-order valence-electron chi connectivity index (χ0n) is 12.4. The molecule has 0 aliphatic carbocycles. The highest BCUT2D eigenvalue weighted by Crippen LogP contribution is 2.17. The van der Waals surface area contributed by atoms with Gasteiger partial charge in [0.05, 0.1) is 16.1 Å². The van der Waals surface area contributed by atoms with Crippen LogP contribution in [0.15, 0.2) is 36.4 Å². The fraction of sp³-hybridized carbons (Fsp3) is 0.188. The fourth-order valence-electron chi connectivity index (χ4n) is 2.42. The molecule has 0 radical (unpaired) electrons. The SMILES string of the molecule is Cc1nc2ccccc2n1CCNC(=O)c1nc(Cl)ccc1Cl. The second-order valence-electron chi connectivity index (χ2n) is 5.02. The van der Waals surface area contributed by atoms with E-state index in [1.54, 1.807) is 12.1 Å². The van der Waals surface area contributed by atoms with E-state index in [0.717, 1.165) is 16.9 Å². The fourth-order valence-corrected chi connectivity index (χ4v) is 2.76. The number of imidazole rings is 1. The number of carbonyl (C=O) groups excluding carboxylic acids is 1. The molecule has 0 bridgehead atoms. The van der Waals surface area contributed by atoms with Gasteiger partial charge in [-0.3, -0.25) is 4.79 Å². The molecule has 3 rings (SSSR count). The maximum atomic E-state index is 12.2. The largest absolute Gasteiger partial charge is 0.349 e. The monoisotopic (exact) mass is 348 g/mol. The van der Waals surface area contributed by atoms with Gasteiger partial charge < -0.3 is 9.88 Å². The van der Waals surface area contributed by atoms with Crippen molar-refractivity contribution in [2.24, 2.45) is 0 Å². The van der Waals surface area contributed by atoms with Gasteiger partial charge in [-0.2, -0.15) is 0 Å². The Kier molecular flexibility index (Phi) is 4.50. The Morgan fingerprint density at radius 2 is 1.96 bits per heavy atom. The molecule has 0 aliphatic heterocycles. The second-order valence-corrected chi connectivity index (χ2v) is 5.81. The first-order chi connectivity index (χ1) is 11.1. The zero-order valence-corrected chi connectivity index (χ0v) is 13.9. The van der Waals surface area contributed by atoms with E-state index in [0.29, 0.717) is 13.1 Å². The Hall–Kier alpha value is -2.11. The molecule has 5 nitrogen and oxygen atoms in total. The molecule has 7 heteroatoms. The van der Waals surface area contributed by atoms with Crippen LogP contribution in [-0.4, -0.2) is 27.0 Å². The van der Waals surface area contributed by atoms with Crippen molar-refractivity contribution in [3.8, 4) is 0 Å². The summed E-state index contributed by atoms with van der Waals surface area (Å²) in [6.45, 7) is 2.98. The van der Waals surface area contributed by atoms with E-state index in [1.165, 1.54) is 0 Å². The molecule has 0 atom stereocenters. The van der Waals surface area contributed by atoms with Gasteiger partial charge in [0.25, 0.3) is 5.91 Å². The lowest BCUT2D eigenvalue weighted by Gasteiger charge is -2.09. The highest BCUT2D eigenvalue weighted by molar-refractivity contribution is 6.34. The van der Waals surface area contributed by atoms with E-state index in [1.807, 2.05) is 31.2 Å². The standard InChI is InChI=1S/C16H14Cl2N4O/c1-10-20-12-4-2-3-5-13(12)22(10)9-8-19-16(23)15-11(17)6-7-14(18)21-15/h2-7H,8-9H2,1H3,(H,19,23). The number of aromatic nitrogens is 3. The van der Waals surface area contributed by atoms with Crippen molar-refractivity contribution >= 4 is 40.1 Å². The van der Waals surface area contributed by atoms with Crippen molar-refractivity contribution in [3.05, 3.63) is 58.1 Å². The second kappa shape index (κ2) is 6.56. The van der Waals surface area contributed by atoms with Crippen LogP contribution in [0.1, 0.15) is 16.3 Å². The number of carbonyl (C=O) groups is 1.